The summed E-state index contributed by atoms with van der Waals surface area (Å²) in [6, 6.07) is 4.50. The Bertz CT molecular complexity index is 2640. The Kier molecular flexibility index (Phi) is 10.1. The number of pyridine rings is 1. The highest BCUT2D eigenvalue weighted by Crippen LogP contribution is 2.47. The van der Waals surface area contributed by atoms with Crippen LogP contribution < -0.4 is 15.4 Å². The van der Waals surface area contributed by atoms with Crippen LogP contribution in [0.15, 0.2) is 36.2 Å². The quantitative estimate of drug-likeness (QED) is 0.0814. The third-order valence-corrected chi connectivity index (χ3v) is 18.7. The van der Waals surface area contributed by atoms with Crippen molar-refractivity contribution in [3.05, 3.63) is 59.1 Å². The monoisotopic (exact) mass is 831 g/mol. The normalized spacial score (nSPS) is 24.7. The molecule has 4 heterocycles. The van der Waals surface area contributed by atoms with Gasteiger partial charge in [0.05, 0.1) is 39.3 Å². The molecular weight excluding hydrogens is 773 g/mol. The fraction of sp³-hybridized carbons (Fsp3) is 0.500. The first kappa shape index (κ1) is 36.2. The molecule has 2 N–H and O–H groups in total. The van der Waals surface area contributed by atoms with Gasteiger partial charge < -0.3 is 25.0 Å². The lowest BCUT2D eigenvalue weighted by atomic mass is 9.78. The highest BCUT2D eigenvalue weighted by molar-refractivity contribution is 6.90. The number of nitrogens with zero attached hydrogens (tertiary/aromatic N) is 5. The highest BCUT2D eigenvalue weighted by Gasteiger charge is 2.56. The van der Waals surface area contributed by atoms with Gasteiger partial charge in [0.15, 0.2) is 5.82 Å². The molecule has 3 aliphatic rings. The molecule has 2 aliphatic heterocycles. The second-order valence-electron chi connectivity index (χ2n) is 17.0. The Morgan fingerprint density at radius 3 is 2.51 bits per heavy atom. The van der Waals surface area contributed by atoms with E-state index in [0.29, 0.717) is 5.39 Å². The lowest BCUT2D eigenvalue weighted by Gasteiger charge is -2.40. The van der Waals surface area contributed by atoms with Crippen molar-refractivity contribution in [2.45, 2.75) is 90.6 Å². The predicted octanol–water partition coefficient (Wildman–Crippen LogP) is 9.39. The fourth-order valence-electron chi connectivity index (χ4n) is 9.36. The van der Waals surface area contributed by atoms with Crippen LogP contribution in [0, 0.1) is 46.3 Å². The number of fused-ring (bicyclic) bond motifs is 3. The molecule has 8 nitrogen and oxygen atoms in total. The topological polar surface area (TPSA) is 89.6 Å². The molecule has 59 heavy (non-hydrogen) atoms. The minimum atomic E-state index is -2.90. The van der Waals surface area contributed by atoms with E-state index in [-0.39, 0.29) is 106 Å². The Balaban J connectivity index is 1.52. The summed E-state index contributed by atoms with van der Waals surface area (Å²) in [6.45, 7) is 10.1. The van der Waals surface area contributed by atoms with Crippen molar-refractivity contribution in [3.8, 4) is 40.6 Å². The molecule has 1 aliphatic carbocycles. The van der Waals surface area contributed by atoms with E-state index in [1.54, 1.807) is 17.9 Å². The number of likely N-dealkylation sites (tertiary alicyclic amines) is 1. The first-order chi connectivity index (χ1) is 30.0. The smallest absolute Gasteiger partial charge is 0.319 e. The lowest BCUT2D eigenvalue weighted by Crippen LogP contribution is -2.44. The molecule has 0 spiro atoms. The number of anilines is 2. The molecule has 13 heteroatoms. The number of ether oxygens (including phenoxy) is 2. The molecule has 1 saturated carbocycles. The third-order valence-electron chi connectivity index (χ3n) is 12.4. The predicted molar refractivity (Wildman–Crippen MR) is 230 cm³/mol. The van der Waals surface area contributed by atoms with Gasteiger partial charge in [0.1, 0.15) is 49.3 Å². The Morgan fingerprint density at radius 2 is 1.83 bits per heavy atom. The molecule has 0 bridgehead atoms. The third kappa shape index (κ3) is 7.55. The first-order valence-corrected chi connectivity index (χ1v) is 22.4. The van der Waals surface area contributed by atoms with Gasteiger partial charge in [-0.05, 0) is 72.0 Å². The number of benzene rings is 2. The Labute approximate surface area is 353 Å². The Morgan fingerprint density at radius 1 is 1.08 bits per heavy atom. The van der Waals surface area contributed by atoms with E-state index in [0.717, 1.165) is 4.90 Å². The average Bonchev–Trinajstić information content (AvgIpc) is 3.91. The molecule has 7 rings (SSSR count). The van der Waals surface area contributed by atoms with Crippen LogP contribution >= 0.6 is 0 Å². The number of hydrogen-bond acceptors (Lipinski definition) is 8. The fourth-order valence-corrected chi connectivity index (χ4v) is 14.6. The second-order valence-corrected chi connectivity index (χ2v) is 22.6. The van der Waals surface area contributed by atoms with Crippen LogP contribution in [0.1, 0.15) is 79.9 Å². The maximum Gasteiger partial charge on any atom is 0.319 e. The van der Waals surface area contributed by atoms with Gasteiger partial charge in [0.2, 0.25) is 0 Å². The van der Waals surface area contributed by atoms with Gasteiger partial charge in [-0.2, -0.15) is 9.97 Å². The van der Waals surface area contributed by atoms with Crippen molar-refractivity contribution in [2.75, 3.05) is 57.0 Å². The molecule has 2 aromatic heterocycles. The summed E-state index contributed by atoms with van der Waals surface area (Å²) in [5.74, 6) is 6.73. The van der Waals surface area contributed by atoms with Gasteiger partial charge in [-0.1, -0.05) is 66.4 Å². The largest absolute Gasteiger partial charge is 0.462 e. The van der Waals surface area contributed by atoms with E-state index >= 15 is 13.2 Å². The zero-order valence-corrected chi connectivity index (χ0v) is 35.7. The molecule has 4 aromatic rings. The van der Waals surface area contributed by atoms with Crippen LogP contribution in [0.5, 0.6) is 6.01 Å². The van der Waals surface area contributed by atoms with Crippen LogP contribution in [0.2, 0.25) is 16.6 Å². The van der Waals surface area contributed by atoms with Crippen LogP contribution in [0.25, 0.3) is 32.9 Å². The van der Waals surface area contributed by atoms with Gasteiger partial charge in [0.25, 0.3) is 0 Å². The molecule has 3 fully saturated rings. The van der Waals surface area contributed by atoms with Crippen LogP contribution in [0.3, 0.4) is 0 Å². The van der Waals surface area contributed by atoms with Gasteiger partial charge in [-0.3, -0.25) is 0 Å². The zero-order chi connectivity index (χ0) is 46.8. The molecule has 0 radical (unpaired) electrons. The average molecular weight is 832 g/mol. The molecule has 0 unspecified atom stereocenters. The van der Waals surface area contributed by atoms with Crippen molar-refractivity contribution in [1.82, 2.24) is 19.9 Å². The van der Waals surface area contributed by atoms with Crippen molar-refractivity contribution in [3.63, 3.8) is 0 Å². The highest BCUT2D eigenvalue weighted by atomic mass is 28.3. The summed E-state index contributed by atoms with van der Waals surface area (Å²) >= 11 is 0. The number of piperidine rings is 1. The van der Waals surface area contributed by atoms with E-state index in [1.807, 2.05) is 0 Å². The van der Waals surface area contributed by atoms with Crippen LogP contribution in [0.4, 0.5) is 29.1 Å². The van der Waals surface area contributed by atoms with Crippen molar-refractivity contribution < 1.29 is 33.9 Å². The maximum atomic E-state index is 18.0. The minimum absolute atomic E-state index is 0.0168. The van der Waals surface area contributed by atoms with Crippen LogP contribution in [-0.4, -0.2) is 86.5 Å². The standard InChI is InChI=1S/C46H54F4N6O2Si/c1-10-11-36-38-42(53-45(58-25-46(8)24-55(9)16-14-30(46)22-47)54-44(38)56-17-18-57-23-34-39(49)43(34)56)40(50)41(52-36)33-21-31(51)20-29-12-13-35(48)32(37(29)33)15-19-59(26(2)3,27(4)5)28(6)7/h12-13,20-22,26-28,34,39,43H,14,16-18,23-25,51H2,1-9H3/b30-22+/t34-,39-,43-,46-/m0/s1/i9D3,25D2. The molecule has 312 valence electrons. The number of aromatic nitrogens is 3. The minimum Gasteiger partial charge on any atom is -0.462 e. The van der Waals surface area contributed by atoms with E-state index in [4.69, 9.17) is 24.3 Å². The van der Waals surface area contributed by atoms with Crippen molar-refractivity contribution in [1.29, 1.82) is 0 Å². The number of alkyl halides is 1. The van der Waals surface area contributed by atoms with Crippen molar-refractivity contribution in [2.24, 2.45) is 11.3 Å². The van der Waals surface area contributed by atoms with Crippen molar-refractivity contribution >= 4 is 41.3 Å². The van der Waals surface area contributed by atoms with Gasteiger partial charge in [-0.25, -0.2) is 22.5 Å². The van der Waals surface area contributed by atoms with E-state index < -0.39 is 74.9 Å². The summed E-state index contributed by atoms with van der Waals surface area (Å²) in [7, 11) is -2.41. The number of hydrogen-bond donors (Lipinski definition) is 1. The molecular formula is C46H54F4N6O2Si. The summed E-state index contributed by atoms with van der Waals surface area (Å²) in [5, 5.41) is 0.703. The SMILES string of the molecule is [2H]C([2H])([2H])N1CC/C(=C\F)[C@](C)(C([2H])([2H])Oc2nc(N3CCOC[C@H]4[C@H](F)[C@H]43)c3c(C#CC)nc(-c4cc(N)cc5ccc(F)c(C#C[Si](C(C)C)(C(C)C)C(C)C)c45)c(F)c3n2)C1. The number of nitrogens with two attached hydrogens (primary N) is 1. The molecule has 0 amide bonds. The summed E-state index contributed by atoms with van der Waals surface area (Å²) in [6.07, 6.45) is -1.20. The second kappa shape index (κ2) is 16.4. The summed E-state index contributed by atoms with van der Waals surface area (Å²) < 4.78 is 119. The summed E-state index contributed by atoms with van der Waals surface area (Å²) in [4.78, 5) is 16.5. The van der Waals surface area contributed by atoms with Gasteiger partial charge in [-0.15, -0.1) is 5.54 Å². The lowest BCUT2D eigenvalue weighted by molar-refractivity contribution is 0.109. The van der Waals surface area contributed by atoms with Gasteiger partial charge in [0, 0.05) is 51.7 Å². The number of nitrogen functional groups attached to an aromatic ring is 1. The molecule has 4 atom stereocenters. The van der Waals surface area contributed by atoms with Gasteiger partial charge >= 0.3 is 6.01 Å². The van der Waals surface area contributed by atoms with E-state index in [1.165, 1.54) is 25.1 Å². The van der Waals surface area contributed by atoms with E-state index in [2.05, 4.69) is 74.8 Å². The summed E-state index contributed by atoms with van der Waals surface area (Å²) in [5.41, 5.74) is 8.38. The maximum absolute atomic E-state index is 18.0. The molecule has 2 aromatic carbocycles. The number of rotatable bonds is 8. The Hall–Kier alpha value is -4.69. The van der Waals surface area contributed by atoms with E-state index in [9.17, 15) is 7.13 Å². The first-order valence-electron chi connectivity index (χ1n) is 22.6. The number of halogens is 4. The zero-order valence-electron chi connectivity index (χ0n) is 39.7. The molecule has 2 saturated heterocycles. The van der Waals surface area contributed by atoms with Crippen LogP contribution in [-0.2, 0) is 4.74 Å².